The lowest BCUT2D eigenvalue weighted by atomic mass is 10.1. The van der Waals surface area contributed by atoms with Crippen LogP contribution in [0, 0.1) is 5.92 Å². The van der Waals surface area contributed by atoms with Gasteiger partial charge in [0.15, 0.2) is 0 Å². The molecule has 110 valence electrons. The van der Waals surface area contributed by atoms with Gasteiger partial charge < -0.3 is 15.8 Å². The summed E-state index contributed by atoms with van der Waals surface area (Å²) in [6.45, 7) is 3.91. The number of hydrogen-bond acceptors (Lipinski definition) is 6. The third-order valence-electron chi connectivity index (χ3n) is 3.42. The van der Waals surface area contributed by atoms with E-state index >= 15 is 0 Å². The summed E-state index contributed by atoms with van der Waals surface area (Å²) in [5.41, 5.74) is 6.43. The van der Waals surface area contributed by atoms with Crippen LogP contribution < -0.4 is 11.1 Å². The summed E-state index contributed by atoms with van der Waals surface area (Å²) in [4.78, 5) is 26.0. The van der Waals surface area contributed by atoms with Gasteiger partial charge in [-0.05, 0) is 17.4 Å². The van der Waals surface area contributed by atoms with Crippen molar-refractivity contribution < 1.29 is 14.3 Å². The highest BCUT2D eigenvalue weighted by molar-refractivity contribution is 7.12. The maximum absolute atomic E-state index is 12.0. The summed E-state index contributed by atoms with van der Waals surface area (Å²) in [5.74, 6) is -0.184. The SMILES string of the molecule is COC(=O)c1sccc1NC(=O)CN1CC(C)C(N)C1. The molecule has 2 atom stereocenters. The Bertz CT molecular complexity index is 493. The minimum atomic E-state index is -0.438. The molecular weight excluding hydrogens is 278 g/mol. The van der Waals surface area contributed by atoms with Crippen LogP contribution in [0.4, 0.5) is 5.69 Å². The molecule has 1 fully saturated rings. The van der Waals surface area contributed by atoms with Gasteiger partial charge in [-0.1, -0.05) is 6.92 Å². The van der Waals surface area contributed by atoms with Crippen molar-refractivity contribution in [1.82, 2.24) is 4.90 Å². The number of nitrogens with zero attached hydrogens (tertiary/aromatic N) is 1. The fourth-order valence-corrected chi connectivity index (χ4v) is 3.04. The van der Waals surface area contributed by atoms with Crippen LogP contribution in [0.2, 0.25) is 0 Å². The number of likely N-dealkylation sites (tertiary alicyclic amines) is 1. The summed E-state index contributed by atoms with van der Waals surface area (Å²) >= 11 is 1.24. The van der Waals surface area contributed by atoms with E-state index in [2.05, 4.69) is 17.0 Å². The number of thiophene rings is 1. The largest absolute Gasteiger partial charge is 0.465 e. The van der Waals surface area contributed by atoms with Gasteiger partial charge >= 0.3 is 5.97 Å². The molecule has 0 bridgehead atoms. The Morgan fingerprint density at radius 1 is 1.55 bits per heavy atom. The number of methoxy groups -OCH3 is 1. The highest BCUT2D eigenvalue weighted by atomic mass is 32.1. The molecular formula is C13H19N3O3S. The lowest BCUT2D eigenvalue weighted by Crippen LogP contribution is -2.33. The van der Waals surface area contributed by atoms with Gasteiger partial charge in [0.05, 0.1) is 19.3 Å². The van der Waals surface area contributed by atoms with Crippen LogP contribution in [0.15, 0.2) is 11.4 Å². The Labute approximate surface area is 121 Å². The van der Waals surface area contributed by atoms with Gasteiger partial charge in [-0.2, -0.15) is 0 Å². The average molecular weight is 297 g/mol. The minimum Gasteiger partial charge on any atom is -0.465 e. The van der Waals surface area contributed by atoms with Crippen molar-refractivity contribution in [1.29, 1.82) is 0 Å². The number of amides is 1. The second-order valence-corrected chi connectivity index (χ2v) is 5.95. The van der Waals surface area contributed by atoms with Crippen molar-refractivity contribution in [2.24, 2.45) is 11.7 Å². The van der Waals surface area contributed by atoms with Crippen molar-refractivity contribution in [3.05, 3.63) is 16.3 Å². The van der Waals surface area contributed by atoms with E-state index in [0.717, 1.165) is 13.1 Å². The molecule has 1 aliphatic heterocycles. The Hall–Kier alpha value is -1.44. The topological polar surface area (TPSA) is 84.7 Å². The molecule has 2 rings (SSSR count). The van der Waals surface area contributed by atoms with E-state index in [9.17, 15) is 9.59 Å². The molecule has 7 heteroatoms. The first-order chi connectivity index (χ1) is 9.51. The van der Waals surface area contributed by atoms with Crippen LogP contribution in [0.5, 0.6) is 0 Å². The van der Waals surface area contributed by atoms with Gasteiger partial charge in [0.1, 0.15) is 4.88 Å². The first-order valence-corrected chi connectivity index (χ1v) is 7.32. The molecule has 2 heterocycles. The molecule has 1 aliphatic rings. The van der Waals surface area contributed by atoms with E-state index in [1.165, 1.54) is 18.4 Å². The van der Waals surface area contributed by atoms with Gasteiger partial charge in [-0.15, -0.1) is 11.3 Å². The van der Waals surface area contributed by atoms with Gasteiger partial charge in [0, 0.05) is 19.1 Å². The van der Waals surface area contributed by atoms with Crippen LogP contribution in [-0.2, 0) is 9.53 Å². The van der Waals surface area contributed by atoms with Crippen LogP contribution in [-0.4, -0.2) is 49.6 Å². The van der Waals surface area contributed by atoms with Crippen molar-refractivity contribution >= 4 is 28.9 Å². The number of esters is 1. The van der Waals surface area contributed by atoms with Crippen molar-refractivity contribution in [2.75, 3.05) is 32.1 Å². The maximum Gasteiger partial charge on any atom is 0.350 e. The molecule has 0 radical (unpaired) electrons. The van der Waals surface area contributed by atoms with E-state index < -0.39 is 5.97 Å². The van der Waals surface area contributed by atoms with E-state index in [0.29, 0.717) is 16.5 Å². The highest BCUT2D eigenvalue weighted by Crippen LogP contribution is 2.23. The number of hydrogen-bond donors (Lipinski definition) is 2. The minimum absolute atomic E-state index is 0.120. The Morgan fingerprint density at radius 2 is 2.30 bits per heavy atom. The fraction of sp³-hybridized carbons (Fsp3) is 0.538. The first-order valence-electron chi connectivity index (χ1n) is 6.45. The summed E-state index contributed by atoms with van der Waals surface area (Å²) in [5, 5.41) is 4.50. The molecule has 0 aromatic carbocycles. The van der Waals surface area contributed by atoms with Crippen molar-refractivity contribution in [2.45, 2.75) is 13.0 Å². The van der Waals surface area contributed by atoms with E-state index in [1.807, 2.05) is 4.90 Å². The van der Waals surface area contributed by atoms with Crippen LogP contribution in [0.3, 0.4) is 0 Å². The lowest BCUT2D eigenvalue weighted by Gasteiger charge is -2.14. The Balaban J connectivity index is 1.92. The number of rotatable bonds is 4. The first kappa shape index (κ1) is 15.0. The quantitative estimate of drug-likeness (QED) is 0.801. The second-order valence-electron chi connectivity index (χ2n) is 5.04. The van der Waals surface area contributed by atoms with E-state index in [-0.39, 0.29) is 18.5 Å². The molecule has 3 N–H and O–H groups in total. The van der Waals surface area contributed by atoms with Crippen LogP contribution in [0.1, 0.15) is 16.6 Å². The van der Waals surface area contributed by atoms with Crippen molar-refractivity contribution in [3.8, 4) is 0 Å². The van der Waals surface area contributed by atoms with E-state index in [1.54, 1.807) is 11.4 Å². The standard InChI is InChI=1S/C13H19N3O3S/c1-8-5-16(6-9(8)14)7-11(17)15-10-3-4-20-12(10)13(18)19-2/h3-4,8-9H,5-7,14H2,1-2H3,(H,15,17). The molecule has 20 heavy (non-hydrogen) atoms. The molecule has 1 amide bonds. The smallest absolute Gasteiger partial charge is 0.350 e. The zero-order chi connectivity index (χ0) is 14.7. The maximum atomic E-state index is 12.0. The van der Waals surface area contributed by atoms with Gasteiger partial charge in [0.2, 0.25) is 5.91 Å². The molecule has 1 aromatic rings. The summed E-state index contributed by atoms with van der Waals surface area (Å²) in [7, 11) is 1.32. The highest BCUT2D eigenvalue weighted by Gasteiger charge is 2.28. The third-order valence-corrected chi connectivity index (χ3v) is 4.32. The van der Waals surface area contributed by atoms with Crippen molar-refractivity contribution in [3.63, 3.8) is 0 Å². The van der Waals surface area contributed by atoms with Gasteiger partial charge in [-0.3, -0.25) is 9.69 Å². The number of carbonyl (C=O) groups excluding carboxylic acids is 2. The van der Waals surface area contributed by atoms with Crippen LogP contribution >= 0.6 is 11.3 Å². The Morgan fingerprint density at radius 3 is 2.90 bits per heavy atom. The summed E-state index contributed by atoms with van der Waals surface area (Å²) < 4.78 is 4.67. The third kappa shape index (κ3) is 3.36. The van der Waals surface area contributed by atoms with Crippen LogP contribution in [0.25, 0.3) is 0 Å². The van der Waals surface area contributed by atoms with E-state index in [4.69, 9.17) is 5.73 Å². The number of ether oxygens (including phenoxy) is 1. The molecule has 0 spiro atoms. The normalized spacial score (nSPS) is 22.8. The summed E-state index contributed by atoms with van der Waals surface area (Å²) in [6, 6.07) is 1.82. The van der Waals surface area contributed by atoms with Gasteiger partial charge in [-0.25, -0.2) is 4.79 Å². The fourth-order valence-electron chi connectivity index (χ4n) is 2.28. The monoisotopic (exact) mass is 297 g/mol. The predicted octanol–water partition coefficient (Wildman–Crippen LogP) is 0.752. The molecule has 2 unspecified atom stereocenters. The number of nitrogens with one attached hydrogen (secondary N) is 1. The molecule has 1 saturated heterocycles. The lowest BCUT2D eigenvalue weighted by molar-refractivity contribution is -0.117. The Kier molecular flexibility index (Phi) is 4.74. The predicted molar refractivity (Wildman–Crippen MR) is 77.9 cm³/mol. The zero-order valence-corrected chi connectivity index (χ0v) is 12.4. The average Bonchev–Trinajstić information content (AvgIpc) is 2.96. The molecule has 1 aromatic heterocycles. The number of nitrogens with two attached hydrogens (primary N) is 1. The second kappa shape index (κ2) is 6.34. The molecule has 6 nitrogen and oxygen atoms in total. The zero-order valence-electron chi connectivity index (χ0n) is 11.6. The molecule has 0 aliphatic carbocycles. The van der Waals surface area contributed by atoms with Gasteiger partial charge in [0.25, 0.3) is 0 Å². The number of carbonyl (C=O) groups is 2. The number of anilines is 1. The summed E-state index contributed by atoms with van der Waals surface area (Å²) in [6.07, 6.45) is 0. The molecule has 0 saturated carbocycles.